The fourth-order valence-corrected chi connectivity index (χ4v) is 1.99. The summed E-state index contributed by atoms with van der Waals surface area (Å²) in [6.07, 6.45) is 0.660. The third kappa shape index (κ3) is 4.37. The molecular weight excluding hydrogens is 317 g/mol. The minimum Gasteiger partial charge on any atom is -0.480 e. The molecule has 0 amide bonds. The van der Waals surface area contributed by atoms with Crippen molar-refractivity contribution in [3.63, 3.8) is 0 Å². The van der Waals surface area contributed by atoms with Crippen molar-refractivity contribution in [1.29, 1.82) is 0 Å². The molecule has 1 rings (SSSR count). The molecule has 1 aromatic carbocycles. The van der Waals surface area contributed by atoms with Crippen LogP contribution in [0.2, 0.25) is 10.0 Å². The molecule has 0 saturated heterocycles. The van der Waals surface area contributed by atoms with Crippen molar-refractivity contribution in [2.75, 3.05) is 13.7 Å². The lowest BCUT2D eigenvalue weighted by atomic mass is 10.0. The van der Waals surface area contributed by atoms with Crippen molar-refractivity contribution in [2.45, 2.75) is 13.3 Å². The van der Waals surface area contributed by atoms with Crippen LogP contribution in [0.5, 0.6) is 5.75 Å². The first kappa shape index (κ1) is 17.3. The van der Waals surface area contributed by atoms with Crippen molar-refractivity contribution in [3.8, 4) is 5.75 Å². The number of hydrogen-bond donors (Lipinski definition) is 1. The predicted octanol–water partition coefficient (Wildman–Crippen LogP) is 3.77. The zero-order valence-electron chi connectivity index (χ0n) is 11.7. The SMILES string of the molecule is C=C(CC)C(=NOC)c1ccc(OCC(=O)O)c(Cl)c1Cl. The van der Waals surface area contributed by atoms with E-state index in [-0.39, 0.29) is 15.8 Å². The fourth-order valence-electron chi connectivity index (χ4n) is 1.53. The molecule has 0 aliphatic heterocycles. The Bertz CT molecular complexity index is 585. The molecule has 21 heavy (non-hydrogen) atoms. The van der Waals surface area contributed by atoms with E-state index in [2.05, 4.69) is 11.7 Å². The summed E-state index contributed by atoms with van der Waals surface area (Å²) in [7, 11) is 1.42. The minimum absolute atomic E-state index is 0.114. The Morgan fingerprint density at radius 1 is 1.38 bits per heavy atom. The molecule has 5 nitrogen and oxygen atoms in total. The maximum Gasteiger partial charge on any atom is 0.341 e. The van der Waals surface area contributed by atoms with Crippen molar-refractivity contribution >= 4 is 34.9 Å². The van der Waals surface area contributed by atoms with Crippen LogP contribution in [0.3, 0.4) is 0 Å². The topological polar surface area (TPSA) is 68.1 Å². The third-order valence-corrected chi connectivity index (χ3v) is 3.46. The van der Waals surface area contributed by atoms with Gasteiger partial charge in [0.2, 0.25) is 0 Å². The van der Waals surface area contributed by atoms with Crippen molar-refractivity contribution in [2.24, 2.45) is 5.16 Å². The number of rotatable bonds is 7. The highest BCUT2D eigenvalue weighted by Crippen LogP contribution is 2.36. The molecule has 0 unspecified atom stereocenters. The van der Waals surface area contributed by atoms with Gasteiger partial charge >= 0.3 is 5.97 Å². The number of oxime groups is 1. The monoisotopic (exact) mass is 331 g/mol. The number of carboxylic acids is 1. The average molecular weight is 332 g/mol. The van der Waals surface area contributed by atoms with Crippen molar-refractivity contribution < 1.29 is 19.5 Å². The van der Waals surface area contributed by atoms with Gasteiger partial charge in [-0.15, -0.1) is 0 Å². The van der Waals surface area contributed by atoms with Gasteiger partial charge in [0.1, 0.15) is 23.6 Å². The summed E-state index contributed by atoms with van der Waals surface area (Å²) in [4.78, 5) is 15.3. The molecule has 0 aliphatic carbocycles. The van der Waals surface area contributed by atoms with Crippen molar-refractivity contribution in [1.82, 2.24) is 0 Å². The Hall–Kier alpha value is -1.72. The number of carbonyl (C=O) groups is 1. The first-order chi connectivity index (χ1) is 9.92. The minimum atomic E-state index is -1.10. The molecule has 0 bridgehead atoms. The quantitative estimate of drug-likeness (QED) is 0.609. The van der Waals surface area contributed by atoms with Crippen LogP contribution in [0.15, 0.2) is 29.4 Å². The Morgan fingerprint density at radius 2 is 2.05 bits per heavy atom. The standard InChI is InChI=1S/C14H15Cl2NO4/c1-4-8(2)14(17-20-3)9-5-6-10(13(16)12(9)15)21-7-11(18)19/h5-6H,2,4,7H2,1,3H3,(H,18,19). The number of halogens is 2. The van der Waals surface area contributed by atoms with Crippen LogP contribution in [-0.4, -0.2) is 30.5 Å². The van der Waals surface area contributed by atoms with Gasteiger partial charge < -0.3 is 14.7 Å². The Morgan fingerprint density at radius 3 is 2.57 bits per heavy atom. The molecular formula is C14H15Cl2NO4. The first-order valence-corrected chi connectivity index (χ1v) is 6.80. The normalized spacial score (nSPS) is 11.1. The van der Waals surface area contributed by atoms with Gasteiger partial charge in [-0.05, 0) is 24.1 Å². The summed E-state index contributed by atoms with van der Waals surface area (Å²) in [5, 5.41) is 12.8. The molecule has 0 fully saturated rings. The number of allylic oxidation sites excluding steroid dienone is 1. The lowest BCUT2D eigenvalue weighted by Crippen LogP contribution is -2.11. The van der Waals surface area contributed by atoms with Gasteiger partial charge in [-0.3, -0.25) is 0 Å². The summed E-state index contributed by atoms with van der Waals surface area (Å²) in [5.41, 5.74) is 1.75. The highest BCUT2D eigenvalue weighted by molar-refractivity contribution is 6.45. The van der Waals surface area contributed by atoms with E-state index in [0.29, 0.717) is 17.7 Å². The maximum atomic E-state index is 10.5. The highest BCUT2D eigenvalue weighted by atomic mass is 35.5. The molecule has 1 N–H and O–H groups in total. The Labute approximate surface area is 132 Å². The molecule has 0 radical (unpaired) electrons. The van der Waals surface area contributed by atoms with Gasteiger partial charge in [0.05, 0.1) is 5.02 Å². The fraction of sp³-hybridized carbons (Fsp3) is 0.286. The molecule has 0 heterocycles. The van der Waals surface area contributed by atoms with E-state index in [1.807, 2.05) is 6.92 Å². The Balaban J connectivity index is 3.21. The maximum absolute atomic E-state index is 10.5. The van der Waals surface area contributed by atoms with Gasteiger partial charge in [0, 0.05) is 5.56 Å². The van der Waals surface area contributed by atoms with Crippen LogP contribution >= 0.6 is 23.2 Å². The number of aliphatic carboxylic acids is 1. The van der Waals surface area contributed by atoms with Gasteiger partial charge in [-0.2, -0.15) is 0 Å². The van der Waals surface area contributed by atoms with E-state index in [1.54, 1.807) is 6.07 Å². The molecule has 114 valence electrons. The average Bonchev–Trinajstić information content (AvgIpc) is 2.46. The second kappa shape index (κ2) is 7.90. The second-order valence-electron chi connectivity index (χ2n) is 4.00. The van der Waals surface area contributed by atoms with E-state index in [0.717, 1.165) is 5.57 Å². The summed E-state index contributed by atoms with van der Waals surface area (Å²) < 4.78 is 5.05. The molecule has 0 aliphatic rings. The summed E-state index contributed by atoms with van der Waals surface area (Å²) in [6, 6.07) is 3.16. The van der Waals surface area contributed by atoms with Gasteiger partial charge in [0.15, 0.2) is 6.61 Å². The number of nitrogens with zero attached hydrogens (tertiary/aromatic N) is 1. The van der Waals surface area contributed by atoms with Crippen LogP contribution < -0.4 is 4.74 Å². The van der Waals surface area contributed by atoms with E-state index in [9.17, 15) is 4.79 Å². The van der Waals surface area contributed by atoms with E-state index in [4.69, 9.17) is 37.9 Å². The Kier molecular flexibility index (Phi) is 6.52. The largest absolute Gasteiger partial charge is 0.480 e. The van der Waals surface area contributed by atoms with Crippen LogP contribution in [0.4, 0.5) is 0 Å². The number of hydrogen-bond acceptors (Lipinski definition) is 4. The molecule has 0 atom stereocenters. The number of carboxylic acid groups (broad SMARTS) is 1. The molecule has 1 aromatic rings. The lowest BCUT2D eigenvalue weighted by Gasteiger charge is -2.13. The lowest BCUT2D eigenvalue weighted by molar-refractivity contribution is -0.139. The van der Waals surface area contributed by atoms with E-state index < -0.39 is 12.6 Å². The van der Waals surface area contributed by atoms with Crippen LogP contribution in [0, 0.1) is 0 Å². The smallest absolute Gasteiger partial charge is 0.341 e. The first-order valence-electron chi connectivity index (χ1n) is 6.04. The highest BCUT2D eigenvalue weighted by Gasteiger charge is 2.17. The van der Waals surface area contributed by atoms with Crippen molar-refractivity contribution in [3.05, 3.63) is 39.9 Å². The summed E-state index contributed by atoms with van der Waals surface area (Å²) >= 11 is 12.3. The van der Waals surface area contributed by atoms with E-state index >= 15 is 0 Å². The van der Waals surface area contributed by atoms with Gasteiger partial charge in [-0.1, -0.05) is 41.9 Å². The number of ether oxygens (including phenoxy) is 1. The zero-order chi connectivity index (χ0) is 16.0. The summed E-state index contributed by atoms with van der Waals surface area (Å²) in [6.45, 7) is 5.32. The van der Waals surface area contributed by atoms with Gasteiger partial charge in [-0.25, -0.2) is 4.79 Å². The van der Waals surface area contributed by atoms with Crippen LogP contribution in [-0.2, 0) is 9.63 Å². The molecule has 0 spiro atoms. The third-order valence-electron chi connectivity index (χ3n) is 2.60. The molecule has 7 heteroatoms. The predicted molar refractivity (Wildman–Crippen MR) is 82.6 cm³/mol. The van der Waals surface area contributed by atoms with Crippen LogP contribution in [0.25, 0.3) is 0 Å². The second-order valence-corrected chi connectivity index (χ2v) is 4.76. The van der Waals surface area contributed by atoms with Crippen LogP contribution in [0.1, 0.15) is 18.9 Å². The molecule has 0 aromatic heterocycles. The zero-order valence-corrected chi connectivity index (χ0v) is 13.2. The summed E-state index contributed by atoms with van der Waals surface area (Å²) in [5.74, 6) is -0.918. The van der Waals surface area contributed by atoms with Gasteiger partial charge in [0.25, 0.3) is 0 Å². The van der Waals surface area contributed by atoms with E-state index in [1.165, 1.54) is 13.2 Å². The molecule has 0 saturated carbocycles. The number of benzene rings is 1.